The fourth-order valence-corrected chi connectivity index (χ4v) is 3.43. The molecule has 0 bridgehead atoms. The van der Waals surface area contributed by atoms with Crippen LogP contribution < -0.4 is 5.32 Å². The molecule has 1 aromatic rings. The Morgan fingerprint density at radius 1 is 1.41 bits per heavy atom. The highest BCUT2D eigenvalue weighted by atomic mass is 35.5. The van der Waals surface area contributed by atoms with E-state index in [1.54, 1.807) is 0 Å². The van der Waals surface area contributed by atoms with Gasteiger partial charge in [0.25, 0.3) is 0 Å². The molecule has 0 aliphatic carbocycles. The highest BCUT2D eigenvalue weighted by Gasteiger charge is 2.19. The van der Waals surface area contributed by atoms with Crippen LogP contribution in [0.4, 0.5) is 0 Å². The predicted molar refractivity (Wildman–Crippen MR) is 92.3 cm³/mol. The molecule has 3 nitrogen and oxygen atoms in total. The van der Waals surface area contributed by atoms with Crippen LogP contribution >= 0.6 is 11.6 Å². The third-order valence-corrected chi connectivity index (χ3v) is 4.65. The molecule has 2 rings (SSSR count). The zero-order valence-corrected chi connectivity index (χ0v) is 14.2. The second kappa shape index (κ2) is 9.16. The standard InChI is InChI=1S/C18H27ClN2O/c1-2-17-9-3-4-11-21(17)12-6-10-20-18(22)14-15-7-5-8-16(19)13-15/h5,7-8,13,17H,2-4,6,9-12,14H2,1H3,(H,20,22). The summed E-state index contributed by atoms with van der Waals surface area (Å²) >= 11 is 5.93. The normalized spacial score (nSPS) is 19.1. The van der Waals surface area contributed by atoms with Crippen LogP contribution in [0.25, 0.3) is 0 Å². The first-order valence-corrected chi connectivity index (χ1v) is 8.82. The van der Waals surface area contributed by atoms with Crippen molar-refractivity contribution in [2.45, 2.75) is 51.5 Å². The Hall–Kier alpha value is -1.06. The number of carbonyl (C=O) groups excluding carboxylic acids is 1. The fourth-order valence-electron chi connectivity index (χ4n) is 3.22. The molecule has 22 heavy (non-hydrogen) atoms. The number of nitrogens with one attached hydrogen (secondary N) is 1. The van der Waals surface area contributed by atoms with Gasteiger partial charge in [-0.25, -0.2) is 0 Å². The van der Waals surface area contributed by atoms with E-state index in [0.29, 0.717) is 11.4 Å². The van der Waals surface area contributed by atoms with Crippen LogP contribution in [-0.4, -0.2) is 36.5 Å². The highest BCUT2D eigenvalue weighted by Crippen LogP contribution is 2.19. The van der Waals surface area contributed by atoms with Crippen LogP contribution in [-0.2, 0) is 11.2 Å². The van der Waals surface area contributed by atoms with Crippen molar-refractivity contribution < 1.29 is 4.79 Å². The van der Waals surface area contributed by atoms with E-state index in [4.69, 9.17) is 11.6 Å². The second-order valence-electron chi connectivity index (χ2n) is 6.10. The third kappa shape index (κ3) is 5.62. The third-order valence-electron chi connectivity index (χ3n) is 4.42. The van der Waals surface area contributed by atoms with Gasteiger partial charge < -0.3 is 10.2 Å². The van der Waals surface area contributed by atoms with Crippen LogP contribution in [0.3, 0.4) is 0 Å². The molecule has 1 heterocycles. The SMILES string of the molecule is CCC1CCCCN1CCCNC(=O)Cc1cccc(Cl)c1. The Morgan fingerprint density at radius 3 is 3.05 bits per heavy atom. The number of piperidine rings is 1. The van der Waals surface area contributed by atoms with Gasteiger partial charge in [0.15, 0.2) is 0 Å². The summed E-state index contributed by atoms with van der Waals surface area (Å²) in [7, 11) is 0. The number of rotatable bonds is 7. The molecule has 122 valence electrons. The quantitative estimate of drug-likeness (QED) is 0.777. The highest BCUT2D eigenvalue weighted by molar-refractivity contribution is 6.30. The summed E-state index contributed by atoms with van der Waals surface area (Å²) in [5.74, 6) is 0.0768. The summed E-state index contributed by atoms with van der Waals surface area (Å²) in [5, 5.41) is 3.70. The molecule has 1 amide bonds. The number of hydrogen-bond acceptors (Lipinski definition) is 2. The average Bonchev–Trinajstić information content (AvgIpc) is 2.52. The second-order valence-corrected chi connectivity index (χ2v) is 6.54. The van der Waals surface area contributed by atoms with Gasteiger partial charge in [-0.05, 0) is 49.9 Å². The van der Waals surface area contributed by atoms with E-state index in [0.717, 1.165) is 31.1 Å². The minimum atomic E-state index is 0.0768. The molecule has 0 radical (unpaired) electrons. The molecule has 1 aromatic carbocycles. The number of carbonyl (C=O) groups is 1. The molecule has 4 heteroatoms. The van der Waals surface area contributed by atoms with Crippen molar-refractivity contribution in [3.63, 3.8) is 0 Å². The van der Waals surface area contributed by atoms with E-state index in [1.807, 2.05) is 24.3 Å². The van der Waals surface area contributed by atoms with E-state index >= 15 is 0 Å². The largest absolute Gasteiger partial charge is 0.356 e. The first-order valence-electron chi connectivity index (χ1n) is 8.44. The first-order chi connectivity index (χ1) is 10.7. The van der Waals surface area contributed by atoms with E-state index < -0.39 is 0 Å². The lowest BCUT2D eigenvalue weighted by atomic mass is 10.00. The van der Waals surface area contributed by atoms with E-state index in [9.17, 15) is 4.79 Å². The summed E-state index contributed by atoms with van der Waals surface area (Å²) in [4.78, 5) is 14.5. The number of benzene rings is 1. The van der Waals surface area contributed by atoms with Crippen molar-refractivity contribution in [3.05, 3.63) is 34.9 Å². The van der Waals surface area contributed by atoms with Gasteiger partial charge in [0.1, 0.15) is 0 Å². The number of amides is 1. The molecule has 1 saturated heterocycles. The summed E-state index contributed by atoms with van der Waals surface area (Å²) in [5.41, 5.74) is 0.965. The maximum atomic E-state index is 11.9. The van der Waals surface area contributed by atoms with Crippen molar-refractivity contribution in [2.24, 2.45) is 0 Å². The Labute approximate surface area is 139 Å². The average molecular weight is 323 g/mol. The van der Waals surface area contributed by atoms with Gasteiger partial charge in [-0.15, -0.1) is 0 Å². The Bertz CT molecular complexity index is 478. The summed E-state index contributed by atoms with van der Waals surface area (Å²) in [6.45, 7) is 5.34. The van der Waals surface area contributed by atoms with Gasteiger partial charge in [0.2, 0.25) is 5.91 Å². The smallest absolute Gasteiger partial charge is 0.224 e. The van der Waals surface area contributed by atoms with E-state index in [-0.39, 0.29) is 5.91 Å². The van der Waals surface area contributed by atoms with E-state index in [1.165, 1.54) is 32.2 Å². The van der Waals surface area contributed by atoms with Crippen LogP contribution in [0.1, 0.15) is 44.6 Å². The van der Waals surface area contributed by atoms with Gasteiger partial charge in [-0.3, -0.25) is 4.79 Å². The molecular formula is C18H27ClN2O. The van der Waals surface area contributed by atoms with Gasteiger partial charge in [-0.1, -0.05) is 37.1 Å². The molecular weight excluding hydrogens is 296 g/mol. The topological polar surface area (TPSA) is 32.3 Å². The molecule has 0 saturated carbocycles. The van der Waals surface area contributed by atoms with Crippen LogP contribution in [0.2, 0.25) is 5.02 Å². The zero-order valence-electron chi connectivity index (χ0n) is 13.5. The van der Waals surface area contributed by atoms with Gasteiger partial charge in [0, 0.05) is 24.2 Å². The number of likely N-dealkylation sites (tertiary alicyclic amines) is 1. The van der Waals surface area contributed by atoms with Gasteiger partial charge in [0.05, 0.1) is 6.42 Å². The molecule has 1 N–H and O–H groups in total. The fraction of sp³-hybridized carbons (Fsp3) is 0.611. The number of halogens is 1. The first kappa shape index (κ1) is 17.3. The van der Waals surface area contributed by atoms with Crippen LogP contribution in [0.5, 0.6) is 0 Å². The van der Waals surface area contributed by atoms with Gasteiger partial charge in [-0.2, -0.15) is 0 Å². The minimum absolute atomic E-state index is 0.0768. The lowest BCUT2D eigenvalue weighted by molar-refractivity contribution is -0.120. The zero-order chi connectivity index (χ0) is 15.8. The number of nitrogens with zero attached hydrogens (tertiary/aromatic N) is 1. The summed E-state index contributed by atoms with van der Waals surface area (Å²) in [6, 6.07) is 8.24. The molecule has 1 aliphatic rings. The monoisotopic (exact) mass is 322 g/mol. The molecule has 1 unspecified atom stereocenters. The minimum Gasteiger partial charge on any atom is -0.356 e. The number of hydrogen-bond donors (Lipinski definition) is 1. The van der Waals surface area contributed by atoms with Crippen molar-refractivity contribution in [2.75, 3.05) is 19.6 Å². The molecule has 1 aliphatic heterocycles. The van der Waals surface area contributed by atoms with Crippen molar-refractivity contribution in [3.8, 4) is 0 Å². The van der Waals surface area contributed by atoms with Gasteiger partial charge >= 0.3 is 0 Å². The van der Waals surface area contributed by atoms with Crippen molar-refractivity contribution >= 4 is 17.5 Å². The molecule has 1 fully saturated rings. The maximum Gasteiger partial charge on any atom is 0.224 e. The van der Waals surface area contributed by atoms with Crippen molar-refractivity contribution in [1.29, 1.82) is 0 Å². The predicted octanol–water partition coefficient (Wildman–Crippen LogP) is 3.65. The summed E-state index contributed by atoms with van der Waals surface area (Å²) in [6.07, 6.45) is 6.68. The van der Waals surface area contributed by atoms with Crippen molar-refractivity contribution in [1.82, 2.24) is 10.2 Å². The molecule has 1 atom stereocenters. The lowest BCUT2D eigenvalue weighted by Gasteiger charge is -2.35. The van der Waals surface area contributed by atoms with E-state index in [2.05, 4.69) is 17.1 Å². The van der Waals surface area contributed by atoms with Crippen LogP contribution in [0, 0.1) is 0 Å². The molecule has 0 aromatic heterocycles. The molecule has 0 spiro atoms. The Morgan fingerprint density at radius 2 is 2.27 bits per heavy atom. The maximum absolute atomic E-state index is 11.9. The lowest BCUT2D eigenvalue weighted by Crippen LogP contribution is -2.40. The van der Waals surface area contributed by atoms with Crippen LogP contribution in [0.15, 0.2) is 24.3 Å². The Kier molecular flexibility index (Phi) is 7.20. The summed E-state index contributed by atoms with van der Waals surface area (Å²) < 4.78 is 0. The Balaban J connectivity index is 1.64.